The van der Waals surface area contributed by atoms with Gasteiger partial charge in [-0.3, -0.25) is 19.8 Å². The molecule has 7 heteroatoms. The first-order valence-electron chi connectivity index (χ1n) is 7.73. The Morgan fingerprint density at radius 2 is 2.09 bits per heavy atom. The molecule has 0 unspecified atom stereocenters. The van der Waals surface area contributed by atoms with E-state index < -0.39 is 4.92 Å². The van der Waals surface area contributed by atoms with Gasteiger partial charge >= 0.3 is 0 Å². The second kappa shape index (κ2) is 7.59. The molecule has 0 aliphatic carbocycles. The quantitative estimate of drug-likeness (QED) is 0.583. The van der Waals surface area contributed by atoms with Crippen LogP contribution in [0, 0.1) is 23.0 Å². The standard InChI is InChI=1S/C16H21N3O3S/c1-4-12(5-2)9-18-15(20)10-23-16(18)17-14-7-6-13(19(21)22)8-11(14)3/h6-8,12H,4-5,9-10H2,1-3H3. The minimum Gasteiger partial charge on any atom is -0.290 e. The molecule has 1 fully saturated rings. The van der Waals surface area contributed by atoms with E-state index in [0.717, 1.165) is 18.4 Å². The maximum atomic E-state index is 12.1. The number of nitro benzene ring substituents is 1. The van der Waals surface area contributed by atoms with Gasteiger partial charge in [0.15, 0.2) is 5.17 Å². The lowest BCUT2D eigenvalue weighted by atomic mass is 10.0. The van der Waals surface area contributed by atoms with E-state index in [0.29, 0.717) is 29.1 Å². The molecule has 0 radical (unpaired) electrons. The molecule has 1 aliphatic rings. The lowest BCUT2D eigenvalue weighted by Crippen LogP contribution is -2.34. The van der Waals surface area contributed by atoms with E-state index in [1.807, 2.05) is 0 Å². The fraction of sp³-hybridized carbons (Fsp3) is 0.500. The first kappa shape index (κ1) is 17.5. The van der Waals surface area contributed by atoms with Crippen molar-refractivity contribution in [1.82, 2.24) is 4.90 Å². The smallest absolute Gasteiger partial charge is 0.269 e. The van der Waals surface area contributed by atoms with Crippen molar-refractivity contribution in [3.05, 3.63) is 33.9 Å². The first-order valence-corrected chi connectivity index (χ1v) is 8.71. The summed E-state index contributed by atoms with van der Waals surface area (Å²) >= 11 is 1.43. The van der Waals surface area contributed by atoms with Crippen LogP contribution in [-0.2, 0) is 4.79 Å². The van der Waals surface area contributed by atoms with Crippen LogP contribution in [0.2, 0.25) is 0 Å². The van der Waals surface area contributed by atoms with Crippen LogP contribution < -0.4 is 0 Å². The summed E-state index contributed by atoms with van der Waals surface area (Å²) in [6, 6.07) is 4.59. The number of hydrogen-bond acceptors (Lipinski definition) is 5. The van der Waals surface area contributed by atoms with Gasteiger partial charge in [-0.2, -0.15) is 0 Å². The zero-order chi connectivity index (χ0) is 17.0. The third-order valence-corrected chi connectivity index (χ3v) is 5.02. The minimum atomic E-state index is -0.419. The summed E-state index contributed by atoms with van der Waals surface area (Å²) in [5, 5.41) is 11.5. The van der Waals surface area contributed by atoms with Crippen molar-refractivity contribution in [2.24, 2.45) is 10.9 Å². The Labute approximate surface area is 140 Å². The van der Waals surface area contributed by atoms with Gasteiger partial charge in [0, 0.05) is 18.7 Å². The highest BCUT2D eigenvalue weighted by molar-refractivity contribution is 8.15. The molecular weight excluding hydrogens is 314 g/mol. The number of amides is 1. The Kier molecular flexibility index (Phi) is 5.76. The molecule has 1 saturated heterocycles. The van der Waals surface area contributed by atoms with Crippen LogP contribution in [0.25, 0.3) is 0 Å². The SMILES string of the molecule is CCC(CC)CN1C(=O)CSC1=Nc1ccc([N+](=O)[O-])cc1C. The third kappa shape index (κ3) is 4.10. The van der Waals surface area contributed by atoms with Crippen LogP contribution in [-0.4, -0.2) is 33.2 Å². The van der Waals surface area contributed by atoms with Gasteiger partial charge in [0.25, 0.3) is 5.69 Å². The second-order valence-electron chi connectivity index (χ2n) is 5.60. The van der Waals surface area contributed by atoms with E-state index in [-0.39, 0.29) is 11.6 Å². The van der Waals surface area contributed by atoms with Crippen molar-refractivity contribution < 1.29 is 9.72 Å². The van der Waals surface area contributed by atoms with Crippen LogP contribution in [0.15, 0.2) is 23.2 Å². The highest BCUT2D eigenvalue weighted by Crippen LogP contribution is 2.29. The molecule has 0 spiro atoms. The van der Waals surface area contributed by atoms with Crippen LogP contribution in [0.4, 0.5) is 11.4 Å². The number of nitro groups is 1. The maximum Gasteiger partial charge on any atom is 0.269 e. The van der Waals surface area contributed by atoms with E-state index in [9.17, 15) is 14.9 Å². The Morgan fingerprint density at radius 1 is 1.39 bits per heavy atom. The van der Waals surface area contributed by atoms with Gasteiger partial charge in [0.1, 0.15) is 0 Å². The minimum absolute atomic E-state index is 0.0514. The van der Waals surface area contributed by atoms with Gasteiger partial charge in [-0.1, -0.05) is 38.5 Å². The number of nitrogens with zero attached hydrogens (tertiary/aromatic N) is 3. The summed E-state index contributed by atoms with van der Waals surface area (Å²) in [5.74, 6) is 0.950. The Morgan fingerprint density at radius 3 is 2.65 bits per heavy atom. The molecule has 1 aromatic rings. The maximum absolute atomic E-state index is 12.1. The van der Waals surface area contributed by atoms with E-state index >= 15 is 0 Å². The second-order valence-corrected chi connectivity index (χ2v) is 6.54. The van der Waals surface area contributed by atoms with E-state index in [4.69, 9.17) is 0 Å². The summed E-state index contributed by atoms with van der Waals surface area (Å²) in [7, 11) is 0. The fourth-order valence-corrected chi connectivity index (χ4v) is 3.35. The first-order chi connectivity index (χ1) is 11.0. The molecule has 1 aromatic carbocycles. The van der Waals surface area contributed by atoms with Gasteiger partial charge in [0.05, 0.1) is 16.4 Å². The summed E-state index contributed by atoms with van der Waals surface area (Å²) in [6.45, 7) is 6.72. The number of rotatable bonds is 6. The average molecular weight is 335 g/mol. The van der Waals surface area contributed by atoms with Gasteiger partial charge < -0.3 is 0 Å². The average Bonchev–Trinajstić information content (AvgIpc) is 2.86. The molecule has 2 rings (SSSR count). The van der Waals surface area contributed by atoms with Crippen LogP contribution in [0.1, 0.15) is 32.3 Å². The summed E-state index contributed by atoms with van der Waals surface area (Å²) in [6.07, 6.45) is 2.05. The fourth-order valence-electron chi connectivity index (χ4n) is 2.45. The molecule has 0 N–H and O–H groups in total. The molecule has 124 valence electrons. The van der Waals surface area contributed by atoms with Crippen molar-refractivity contribution in [2.45, 2.75) is 33.6 Å². The molecule has 1 heterocycles. The highest BCUT2D eigenvalue weighted by atomic mass is 32.2. The van der Waals surface area contributed by atoms with Crippen LogP contribution in [0.5, 0.6) is 0 Å². The lowest BCUT2D eigenvalue weighted by molar-refractivity contribution is -0.384. The number of non-ortho nitro benzene ring substituents is 1. The van der Waals surface area contributed by atoms with Gasteiger partial charge in [-0.15, -0.1) is 0 Å². The van der Waals surface area contributed by atoms with Crippen molar-refractivity contribution >= 4 is 34.2 Å². The molecule has 0 aromatic heterocycles. The normalized spacial score (nSPS) is 16.6. The number of benzene rings is 1. The number of carbonyl (C=O) groups is 1. The van der Waals surface area contributed by atoms with E-state index in [1.54, 1.807) is 17.9 Å². The summed E-state index contributed by atoms with van der Waals surface area (Å²) < 4.78 is 0. The number of aryl methyl sites for hydroxylation is 1. The van der Waals surface area contributed by atoms with Crippen molar-refractivity contribution in [3.63, 3.8) is 0 Å². The van der Waals surface area contributed by atoms with Crippen molar-refractivity contribution in [1.29, 1.82) is 0 Å². The van der Waals surface area contributed by atoms with Gasteiger partial charge in [-0.25, -0.2) is 4.99 Å². The molecule has 6 nitrogen and oxygen atoms in total. The predicted molar refractivity (Wildman–Crippen MR) is 93.2 cm³/mol. The van der Waals surface area contributed by atoms with Crippen molar-refractivity contribution in [3.8, 4) is 0 Å². The molecule has 1 amide bonds. The molecule has 0 atom stereocenters. The van der Waals surface area contributed by atoms with Gasteiger partial charge in [-0.05, 0) is 24.5 Å². The Bertz CT molecular complexity index is 641. The number of aliphatic imine (C=N–C) groups is 1. The molecule has 0 bridgehead atoms. The van der Waals surface area contributed by atoms with Crippen LogP contribution >= 0.6 is 11.8 Å². The third-order valence-electron chi connectivity index (χ3n) is 4.06. The number of carbonyl (C=O) groups excluding carboxylic acids is 1. The van der Waals surface area contributed by atoms with E-state index in [2.05, 4.69) is 18.8 Å². The van der Waals surface area contributed by atoms with Gasteiger partial charge in [0.2, 0.25) is 5.91 Å². The highest BCUT2D eigenvalue weighted by Gasteiger charge is 2.29. The lowest BCUT2D eigenvalue weighted by Gasteiger charge is -2.21. The zero-order valence-electron chi connectivity index (χ0n) is 13.6. The molecular formula is C16H21N3O3S. The predicted octanol–water partition coefficient (Wildman–Crippen LogP) is 3.90. The topological polar surface area (TPSA) is 75.8 Å². The Balaban J connectivity index is 2.26. The molecule has 0 saturated carbocycles. The number of thioether (sulfide) groups is 1. The van der Waals surface area contributed by atoms with E-state index in [1.165, 1.54) is 23.9 Å². The largest absolute Gasteiger partial charge is 0.290 e. The monoisotopic (exact) mass is 335 g/mol. The summed E-state index contributed by atoms with van der Waals surface area (Å²) in [4.78, 5) is 28.8. The number of hydrogen-bond donors (Lipinski definition) is 0. The summed E-state index contributed by atoms with van der Waals surface area (Å²) in [5.41, 5.74) is 1.45. The molecule has 23 heavy (non-hydrogen) atoms. The molecule has 1 aliphatic heterocycles. The van der Waals surface area contributed by atoms with Crippen molar-refractivity contribution in [2.75, 3.05) is 12.3 Å². The zero-order valence-corrected chi connectivity index (χ0v) is 14.4. The number of amidine groups is 1. The Hall–Kier alpha value is -1.89. The van der Waals surface area contributed by atoms with Crippen LogP contribution in [0.3, 0.4) is 0 Å².